The Bertz CT molecular complexity index is 782. The molecule has 1 aliphatic carbocycles. The Kier molecular flexibility index (Phi) is 4.30. The van der Waals surface area contributed by atoms with E-state index in [4.69, 9.17) is 4.98 Å². The molecule has 1 atom stereocenters. The molecule has 1 spiro atoms. The van der Waals surface area contributed by atoms with Gasteiger partial charge in [0.05, 0.1) is 5.69 Å². The minimum atomic E-state index is 0. The molecular weight excluding hydrogens is 356 g/mol. The van der Waals surface area contributed by atoms with Crippen LogP contribution >= 0.6 is 23.7 Å². The average Bonchev–Trinajstić information content (AvgIpc) is 2.96. The molecule has 0 aromatic carbocycles. The van der Waals surface area contributed by atoms with Crippen molar-refractivity contribution in [3.8, 4) is 10.6 Å². The van der Waals surface area contributed by atoms with Gasteiger partial charge in [-0.05, 0) is 25.0 Å². The number of halogens is 1. The minimum Gasteiger partial charge on any atom is -0.341 e. The van der Waals surface area contributed by atoms with Crippen LogP contribution in [-0.4, -0.2) is 47.0 Å². The largest absolute Gasteiger partial charge is 0.341 e. The Morgan fingerprint density at radius 3 is 2.72 bits per heavy atom. The van der Waals surface area contributed by atoms with Gasteiger partial charge in [-0.2, -0.15) is 0 Å². The first-order valence-electron chi connectivity index (χ1n) is 8.61. The Balaban J connectivity index is 0.00000157. The second-order valence-electron chi connectivity index (χ2n) is 7.36. The summed E-state index contributed by atoms with van der Waals surface area (Å²) < 4.78 is 0. The van der Waals surface area contributed by atoms with Gasteiger partial charge in [0.15, 0.2) is 0 Å². The number of carbonyl (C=O) groups excluding carboxylic acids is 1. The quantitative estimate of drug-likeness (QED) is 0.872. The first kappa shape index (κ1) is 16.9. The number of pyridine rings is 1. The normalized spacial score (nSPS) is 23.2. The molecule has 25 heavy (non-hydrogen) atoms. The lowest BCUT2D eigenvalue weighted by molar-refractivity contribution is -0.151. The van der Waals surface area contributed by atoms with Gasteiger partial charge < -0.3 is 10.2 Å². The predicted molar refractivity (Wildman–Crippen MR) is 100.0 cm³/mol. The molecule has 3 aliphatic rings. The van der Waals surface area contributed by atoms with Gasteiger partial charge in [0.2, 0.25) is 5.91 Å². The van der Waals surface area contributed by atoms with E-state index in [1.165, 1.54) is 4.88 Å². The number of aryl methyl sites for hydroxylation is 1. The second kappa shape index (κ2) is 6.34. The summed E-state index contributed by atoms with van der Waals surface area (Å²) in [6.45, 7) is 4.04. The van der Waals surface area contributed by atoms with E-state index < -0.39 is 0 Å². The molecule has 4 heterocycles. The first-order chi connectivity index (χ1) is 11.7. The summed E-state index contributed by atoms with van der Waals surface area (Å²) in [5.41, 5.74) is 2.66. The highest BCUT2D eigenvalue weighted by molar-refractivity contribution is 7.15. The summed E-state index contributed by atoms with van der Waals surface area (Å²) in [6.07, 6.45) is 6.35. The van der Waals surface area contributed by atoms with Crippen molar-refractivity contribution < 1.29 is 4.79 Å². The lowest BCUT2D eigenvalue weighted by atomic mass is 9.73. The number of thiazole rings is 1. The zero-order valence-corrected chi connectivity index (χ0v) is 15.5. The average molecular weight is 377 g/mol. The van der Waals surface area contributed by atoms with Crippen LogP contribution in [0.4, 0.5) is 0 Å². The number of aromatic nitrogens is 2. The van der Waals surface area contributed by atoms with Crippen molar-refractivity contribution in [1.29, 1.82) is 0 Å². The van der Waals surface area contributed by atoms with E-state index in [1.54, 1.807) is 23.7 Å². The molecule has 1 unspecified atom stereocenters. The lowest BCUT2D eigenvalue weighted by Crippen LogP contribution is -2.72. The smallest absolute Gasteiger partial charge is 0.226 e. The fourth-order valence-corrected chi connectivity index (χ4v) is 5.20. The molecule has 132 valence electrons. The Morgan fingerprint density at radius 2 is 2.04 bits per heavy atom. The van der Waals surface area contributed by atoms with E-state index >= 15 is 0 Å². The number of hydrogen-bond donors (Lipinski definition) is 1. The van der Waals surface area contributed by atoms with Crippen molar-refractivity contribution in [2.45, 2.75) is 19.3 Å². The number of carbonyl (C=O) groups is 1. The summed E-state index contributed by atoms with van der Waals surface area (Å²) in [5.74, 6) is 0.465. The number of fused-ring (bicyclic) bond motifs is 1. The summed E-state index contributed by atoms with van der Waals surface area (Å²) in [6, 6.07) is 4.00. The fraction of sp³-hybridized carbons (Fsp3) is 0.500. The standard InChI is InChI=1S/C18H20N4OS.ClH/c23-17(22-10-18(11-22)8-20-9-18)13-1-2-15-14(7-13)21-16(24-15)12-3-5-19-6-4-12;/h3-6,13,20H,1-2,7-11H2;1H. The van der Waals surface area contributed by atoms with Gasteiger partial charge in [-0.3, -0.25) is 9.78 Å². The molecule has 2 aromatic rings. The van der Waals surface area contributed by atoms with E-state index in [0.29, 0.717) is 11.3 Å². The third-order valence-corrected chi connectivity index (χ3v) is 6.79. The monoisotopic (exact) mass is 376 g/mol. The number of rotatable bonds is 2. The molecule has 2 aromatic heterocycles. The van der Waals surface area contributed by atoms with E-state index in [1.807, 2.05) is 12.1 Å². The van der Waals surface area contributed by atoms with Crippen LogP contribution in [0.2, 0.25) is 0 Å². The summed E-state index contributed by atoms with van der Waals surface area (Å²) >= 11 is 1.77. The van der Waals surface area contributed by atoms with Gasteiger partial charge in [-0.1, -0.05) is 0 Å². The van der Waals surface area contributed by atoms with Crippen LogP contribution in [0, 0.1) is 11.3 Å². The highest BCUT2D eigenvalue weighted by atomic mass is 35.5. The molecule has 1 N–H and O–H groups in total. The van der Waals surface area contributed by atoms with Crippen LogP contribution in [0.5, 0.6) is 0 Å². The highest BCUT2D eigenvalue weighted by Gasteiger charge is 2.50. The number of nitrogens with one attached hydrogen (secondary N) is 1. The Labute approximate surface area is 157 Å². The first-order valence-corrected chi connectivity index (χ1v) is 9.43. The molecule has 0 radical (unpaired) electrons. The van der Waals surface area contributed by atoms with E-state index in [0.717, 1.165) is 61.7 Å². The lowest BCUT2D eigenvalue weighted by Gasteiger charge is -2.56. The number of amides is 1. The maximum Gasteiger partial charge on any atom is 0.226 e. The van der Waals surface area contributed by atoms with Gasteiger partial charge in [0, 0.05) is 66.8 Å². The van der Waals surface area contributed by atoms with Crippen LogP contribution in [0.3, 0.4) is 0 Å². The number of likely N-dealkylation sites (tertiary alicyclic amines) is 1. The molecule has 2 fully saturated rings. The van der Waals surface area contributed by atoms with E-state index in [9.17, 15) is 4.79 Å². The van der Waals surface area contributed by atoms with Crippen molar-refractivity contribution in [1.82, 2.24) is 20.2 Å². The van der Waals surface area contributed by atoms with Gasteiger partial charge in [-0.15, -0.1) is 23.7 Å². The minimum absolute atomic E-state index is 0. The van der Waals surface area contributed by atoms with Crippen molar-refractivity contribution in [3.63, 3.8) is 0 Å². The summed E-state index contributed by atoms with van der Waals surface area (Å²) in [7, 11) is 0. The number of hydrogen-bond acceptors (Lipinski definition) is 5. The Hall–Kier alpha value is -1.50. The van der Waals surface area contributed by atoms with Gasteiger partial charge >= 0.3 is 0 Å². The molecule has 5 nitrogen and oxygen atoms in total. The predicted octanol–water partition coefficient (Wildman–Crippen LogP) is 2.16. The van der Waals surface area contributed by atoms with Gasteiger partial charge in [0.25, 0.3) is 0 Å². The van der Waals surface area contributed by atoms with Crippen LogP contribution in [-0.2, 0) is 17.6 Å². The van der Waals surface area contributed by atoms with Crippen LogP contribution in [0.15, 0.2) is 24.5 Å². The second-order valence-corrected chi connectivity index (χ2v) is 8.45. The maximum absolute atomic E-state index is 12.8. The third kappa shape index (κ3) is 2.86. The molecule has 0 saturated carbocycles. The Morgan fingerprint density at radius 1 is 1.28 bits per heavy atom. The molecule has 5 rings (SSSR count). The van der Waals surface area contributed by atoms with Crippen molar-refractivity contribution in [2.75, 3.05) is 26.2 Å². The zero-order chi connectivity index (χ0) is 16.1. The van der Waals surface area contributed by atoms with E-state index in [2.05, 4.69) is 15.2 Å². The summed E-state index contributed by atoms with van der Waals surface area (Å²) in [4.78, 5) is 25.1. The SMILES string of the molecule is Cl.O=C(C1CCc2sc(-c3ccncc3)nc2C1)N1CC2(CNC2)C1. The highest BCUT2D eigenvalue weighted by Crippen LogP contribution is 2.38. The van der Waals surface area contributed by atoms with Crippen molar-refractivity contribution >= 4 is 29.7 Å². The molecule has 0 bridgehead atoms. The van der Waals surface area contributed by atoms with Crippen molar-refractivity contribution in [3.05, 3.63) is 35.1 Å². The molecule has 2 aliphatic heterocycles. The number of nitrogens with zero attached hydrogens (tertiary/aromatic N) is 3. The fourth-order valence-electron chi connectivity index (χ4n) is 4.09. The molecule has 7 heteroatoms. The van der Waals surface area contributed by atoms with Crippen molar-refractivity contribution in [2.24, 2.45) is 11.3 Å². The van der Waals surface area contributed by atoms with Gasteiger partial charge in [-0.25, -0.2) is 4.98 Å². The third-order valence-electron chi connectivity index (χ3n) is 5.58. The van der Waals surface area contributed by atoms with Crippen LogP contribution in [0.1, 0.15) is 17.0 Å². The summed E-state index contributed by atoms with van der Waals surface area (Å²) in [5, 5.41) is 4.38. The zero-order valence-electron chi connectivity index (χ0n) is 13.9. The molecule has 2 saturated heterocycles. The van der Waals surface area contributed by atoms with Gasteiger partial charge in [0.1, 0.15) is 5.01 Å². The maximum atomic E-state index is 12.8. The van der Waals surface area contributed by atoms with E-state index in [-0.39, 0.29) is 18.3 Å². The van der Waals surface area contributed by atoms with Crippen LogP contribution in [0.25, 0.3) is 10.6 Å². The molecule has 1 amide bonds. The molecular formula is C18H21ClN4OS. The topological polar surface area (TPSA) is 58.1 Å². The van der Waals surface area contributed by atoms with Crippen LogP contribution < -0.4 is 5.32 Å².